The Labute approximate surface area is 185 Å². The van der Waals surface area contributed by atoms with Crippen LogP contribution in [-0.2, 0) is 6.42 Å². The van der Waals surface area contributed by atoms with Crippen LogP contribution in [0.1, 0.15) is 58.3 Å². The molecule has 1 saturated heterocycles. The molecule has 1 fully saturated rings. The van der Waals surface area contributed by atoms with Gasteiger partial charge in [-0.25, -0.2) is 9.97 Å². The van der Waals surface area contributed by atoms with Crippen molar-refractivity contribution in [3.63, 3.8) is 0 Å². The number of thiazole rings is 1. The number of aryl methyl sites for hydroxylation is 1. The normalized spacial score (nSPS) is 16.6. The van der Waals surface area contributed by atoms with Gasteiger partial charge in [0.2, 0.25) is 0 Å². The third-order valence-corrected chi connectivity index (χ3v) is 6.59. The summed E-state index contributed by atoms with van der Waals surface area (Å²) in [5.74, 6) is 1.70. The number of hydrogen-bond donors (Lipinski definition) is 1. The molecule has 3 aromatic rings. The molecular weight excluding hydrogens is 420 g/mol. The fraction of sp³-hybridized carbons (Fsp3) is 0.409. The Kier molecular flexibility index (Phi) is 6.39. The van der Waals surface area contributed by atoms with E-state index in [-0.39, 0.29) is 11.8 Å². The molecule has 1 atom stereocenters. The maximum atomic E-state index is 13.1. The third kappa shape index (κ3) is 4.68. The van der Waals surface area contributed by atoms with E-state index < -0.39 is 0 Å². The van der Waals surface area contributed by atoms with E-state index in [1.54, 1.807) is 6.20 Å². The van der Waals surface area contributed by atoms with Gasteiger partial charge in [-0.3, -0.25) is 4.79 Å². The first-order valence-corrected chi connectivity index (χ1v) is 11.4. The van der Waals surface area contributed by atoms with Crippen molar-refractivity contribution >= 4 is 34.0 Å². The minimum absolute atomic E-state index is 0.0480. The minimum Gasteiger partial charge on any atom is -0.445 e. The molecule has 4 rings (SSSR count). The van der Waals surface area contributed by atoms with Gasteiger partial charge in [0.05, 0.1) is 17.8 Å². The first-order valence-electron chi connectivity index (χ1n) is 10.2. The Balaban J connectivity index is 1.43. The maximum absolute atomic E-state index is 13.1. The molecule has 1 aromatic carbocycles. The van der Waals surface area contributed by atoms with Crippen LogP contribution in [0.25, 0.3) is 0 Å². The van der Waals surface area contributed by atoms with E-state index in [0.29, 0.717) is 23.7 Å². The van der Waals surface area contributed by atoms with Gasteiger partial charge >= 0.3 is 0 Å². The molecule has 1 aliphatic rings. The van der Waals surface area contributed by atoms with E-state index in [2.05, 4.69) is 15.3 Å². The number of nitrogens with one attached hydrogen (secondary N) is 1. The van der Waals surface area contributed by atoms with Crippen LogP contribution in [0.15, 0.2) is 34.9 Å². The second kappa shape index (κ2) is 9.18. The number of piperidine rings is 1. The van der Waals surface area contributed by atoms with Crippen molar-refractivity contribution in [3.05, 3.63) is 63.3 Å². The highest BCUT2D eigenvalue weighted by Crippen LogP contribution is 2.30. The lowest BCUT2D eigenvalue weighted by Crippen LogP contribution is -2.39. The van der Waals surface area contributed by atoms with Crippen LogP contribution in [0.4, 0.5) is 5.13 Å². The number of aromatic nitrogens is 2. The van der Waals surface area contributed by atoms with Crippen LogP contribution >= 0.6 is 22.9 Å². The second-order valence-electron chi connectivity index (χ2n) is 7.52. The molecule has 30 heavy (non-hydrogen) atoms. The number of carbonyl (C=O) groups excluding carboxylic acids is 1. The maximum Gasteiger partial charge on any atom is 0.265 e. The second-order valence-corrected chi connectivity index (χ2v) is 8.96. The molecular formula is C22H25ClN4O2S. The van der Waals surface area contributed by atoms with Crippen molar-refractivity contribution in [2.75, 3.05) is 25.0 Å². The molecule has 0 spiro atoms. The van der Waals surface area contributed by atoms with Crippen molar-refractivity contribution in [1.82, 2.24) is 14.9 Å². The summed E-state index contributed by atoms with van der Waals surface area (Å²) in [6.07, 6.45) is 4.37. The van der Waals surface area contributed by atoms with Crippen LogP contribution in [0.5, 0.6) is 0 Å². The predicted octanol–water partition coefficient (Wildman–Crippen LogP) is 5.14. The number of amides is 1. The van der Waals surface area contributed by atoms with Crippen LogP contribution in [0.3, 0.4) is 0 Å². The standard InChI is InChI=1S/C22H25ClN4O2S/c1-3-24-22-26-14(2)19(30-22)21(28)27-10-4-5-16(13-27)20-25-12-18(29-20)11-15-6-8-17(23)9-7-15/h6-9,12,16H,3-5,10-11,13H2,1-2H3,(H,24,26)/t16-/m1/s1. The smallest absolute Gasteiger partial charge is 0.265 e. The summed E-state index contributed by atoms with van der Waals surface area (Å²) in [5.41, 5.74) is 1.91. The Hall–Kier alpha value is -2.38. The molecule has 2 aromatic heterocycles. The quantitative estimate of drug-likeness (QED) is 0.570. The number of oxazole rings is 1. The molecule has 0 bridgehead atoms. The highest BCUT2D eigenvalue weighted by Gasteiger charge is 2.30. The van der Waals surface area contributed by atoms with Crippen molar-refractivity contribution in [1.29, 1.82) is 0 Å². The van der Waals surface area contributed by atoms with Gasteiger partial charge < -0.3 is 14.6 Å². The number of nitrogens with zero attached hydrogens (tertiary/aromatic N) is 3. The Bertz CT molecular complexity index is 1010. The highest BCUT2D eigenvalue weighted by atomic mass is 35.5. The largest absolute Gasteiger partial charge is 0.445 e. The number of anilines is 1. The lowest BCUT2D eigenvalue weighted by Gasteiger charge is -2.31. The number of halogens is 1. The fourth-order valence-electron chi connectivity index (χ4n) is 3.73. The molecule has 6 nitrogen and oxygen atoms in total. The van der Waals surface area contributed by atoms with Gasteiger partial charge in [0.15, 0.2) is 11.0 Å². The van der Waals surface area contributed by atoms with E-state index >= 15 is 0 Å². The molecule has 0 saturated carbocycles. The van der Waals surface area contributed by atoms with E-state index in [0.717, 1.165) is 53.1 Å². The Morgan fingerprint density at radius 3 is 2.93 bits per heavy atom. The Morgan fingerprint density at radius 1 is 1.37 bits per heavy atom. The van der Waals surface area contributed by atoms with Crippen molar-refractivity contribution in [2.24, 2.45) is 0 Å². The summed E-state index contributed by atoms with van der Waals surface area (Å²) < 4.78 is 6.05. The van der Waals surface area contributed by atoms with E-state index in [1.807, 2.05) is 43.0 Å². The van der Waals surface area contributed by atoms with E-state index in [1.165, 1.54) is 11.3 Å². The molecule has 8 heteroatoms. The molecule has 3 heterocycles. The predicted molar refractivity (Wildman–Crippen MR) is 120 cm³/mol. The molecule has 0 unspecified atom stereocenters. The van der Waals surface area contributed by atoms with E-state index in [9.17, 15) is 4.79 Å². The lowest BCUT2D eigenvalue weighted by molar-refractivity contribution is 0.0702. The number of rotatable bonds is 6. The van der Waals surface area contributed by atoms with Gasteiger partial charge in [-0.2, -0.15) is 0 Å². The topological polar surface area (TPSA) is 71.3 Å². The summed E-state index contributed by atoms with van der Waals surface area (Å²) in [6, 6.07) is 7.73. The third-order valence-electron chi connectivity index (χ3n) is 5.24. The first kappa shape index (κ1) is 20.9. The van der Waals surface area contributed by atoms with Crippen LogP contribution < -0.4 is 5.32 Å². The molecule has 1 N–H and O–H groups in total. The minimum atomic E-state index is 0.0480. The zero-order valence-electron chi connectivity index (χ0n) is 17.2. The number of carbonyl (C=O) groups is 1. The summed E-state index contributed by atoms with van der Waals surface area (Å²) in [5, 5.41) is 4.71. The van der Waals surface area contributed by atoms with Gasteiger partial charge in [0.25, 0.3) is 5.91 Å². The number of benzene rings is 1. The van der Waals surface area contributed by atoms with Crippen LogP contribution in [-0.4, -0.2) is 40.4 Å². The van der Waals surface area contributed by atoms with Gasteiger partial charge in [-0.15, -0.1) is 0 Å². The summed E-state index contributed by atoms with van der Waals surface area (Å²) >= 11 is 7.38. The van der Waals surface area contributed by atoms with Gasteiger partial charge in [-0.1, -0.05) is 35.1 Å². The number of likely N-dealkylation sites (tertiary alicyclic amines) is 1. The average Bonchev–Trinajstić information content (AvgIpc) is 3.36. The zero-order chi connectivity index (χ0) is 21.1. The molecule has 158 valence electrons. The molecule has 1 aliphatic heterocycles. The van der Waals surface area contributed by atoms with Crippen molar-refractivity contribution in [2.45, 2.75) is 39.0 Å². The summed E-state index contributed by atoms with van der Waals surface area (Å²) in [4.78, 5) is 24.7. The monoisotopic (exact) mass is 444 g/mol. The van der Waals surface area contributed by atoms with Crippen LogP contribution in [0.2, 0.25) is 5.02 Å². The lowest BCUT2D eigenvalue weighted by atomic mass is 9.98. The average molecular weight is 445 g/mol. The summed E-state index contributed by atoms with van der Waals surface area (Å²) in [7, 11) is 0. The zero-order valence-corrected chi connectivity index (χ0v) is 18.7. The number of hydrogen-bond acceptors (Lipinski definition) is 6. The van der Waals surface area contributed by atoms with Crippen LogP contribution in [0, 0.1) is 6.92 Å². The van der Waals surface area contributed by atoms with E-state index in [4.69, 9.17) is 16.0 Å². The van der Waals surface area contributed by atoms with Gasteiger partial charge in [0.1, 0.15) is 10.6 Å². The van der Waals surface area contributed by atoms with Crippen molar-refractivity contribution in [3.8, 4) is 0 Å². The van der Waals surface area contributed by atoms with Gasteiger partial charge in [-0.05, 0) is 44.4 Å². The molecule has 0 radical (unpaired) electrons. The molecule has 0 aliphatic carbocycles. The first-order chi connectivity index (χ1) is 14.5. The van der Waals surface area contributed by atoms with Gasteiger partial charge in [0, 0.05) is 31.1 Å². The highest BCUT2D eigenvalue weighted by molar-refractivity contribution is 7.17. The summed E-state index contributed by atoms with van der Waals surface area (Å²) in [6.45, 7) is 6.07. The Morgan fingerprint density at radius 2 is 2.17 bits per heavy atom. The van der Waals surface area contributed by atoms with Crippen molar-refractivity contribution < 1.29 is 9.21 Å². The SMILES string of the molecule is CCNc1nc(C)c(C(=O)N2CCC[C@@H](c3ncc(Cc4ccc(Cl)cc4)o3)C2)s1. The molecule has 1 amide bonds. The fourth-order valence-corrected chi connectivity index (χ4v) is 4.85.